The second kappa shape index (κ2) is 21.6. The predicted molar refractivity (Wildman–Crippen MR) is 373 cm³/mol. The Balaban J connectivity index is 1.14. The Labute approximate surface area is 500 Å². The van der Waals surface area contributed by atoms with E-state index in [1.165, 1.54) is 20.7 Å². The molecule has 0 atom stereocenters. The quantitative estimate of drug-likeness (QED) is 0.0791. The molecule has 0 aromatic heterocycles. The monoisotopic (exact) mass is 1160 g/mol. The highest BCUT2D eigenvalue weighted by Gasteiger charge is 2.31. The summed E-state index contributed by atoms with van der Waals surface area (Å²) in [6.45, 7) is 28.2. The van der Waals surface area contributed by atoms with Crippen molar-refractivity contribution in [2.75, 3.05) is 9.80 Å². The standard InChI is InChI=1S/C76H74F2N2Si4/c1-81(2,3)59-31-19-23-53(47-59)63-41-43-65(55-25-21-33-61(49-55)83(7,8)9)75(73(63)77)79(57-27-15-13-16-28-57)69-45-37-51-36-40-68-70(46-38-52-35-39-67(69)71(51)72(52)68)80(58-29-17-14-18-30-58)76-66(56-26-22-34-62(50-56)84(10,11)12)44-42-64(74(76)78)54-24-20-32-60(48-54)82(4,5)6/h13-50H,1-12H3. The van der Waals surface area contributed by atoms with Crippen LogP contribution >= 0.6 is 0 Å². The molecule has 0 amide bonds. The lowest BCUT2D eigenvalue weighted by Gasteiger charge is -2.32. The predicted octanol–water partition coefficient (Wildman–Crippen LogP) is 20.7. The summed E-state index contributed by atoms with van der Waals surface area (Å²) in [7, 11) is -7.09. The van der Waals surface area contributed by atoms with E-state index in [9.17, 15) is 0 Å². The van der Waals surface area contributed by atoms with Gasteiger partial charge >= 0.3 is 0 Å². The van der Waals surface area contributed by atoms with Gasteiger partial charge in [-0.2, -0.15) is 0 Å². The molecule has 0 heterocycles. The molecule has 418 valence electrons. The molecule has 12 rings (SSSR count). The molecule has 0 radical (unpaired) electrons. The SMILES string of the molecule is C[Si](C)(C)c1cccc(-c2ccc(-c3cccc([Si](C)(C)C)c3)c(N(c3ccccc3)c3ccc4ccc5c(N(c6ccccc6)c6c(-c7cccc([Si](C)(C)C)c7)ccc(-c7cccc([Si](C)(C)C)c7)c6F)ccc6ccc3c4c65)c2F)c1. The Morgan fingerprint density at radius 3 is 0.869 bits per heavy atom. The van der Waals surface area contributed by atoms with Crippen molar-refractivity contribution in [3.05, 3.63) is 242 Å². The minimum atomic E-state index is -1.79. The van der Waals surface area contributed by atoms with E-state index in [0.29, 0.717) is 22.5 Å². The largest absolute Gasteiger partial charge is 0.307 e. The fraction of sp³-hybridized carbons (Fsp3) is 0.158. The van der Waals surface area contributed by atoms with Crippen LogP contribution in [0.5, 0.6) is 0 Å². The third kappa shape index (κ3) is 10.5. The highest BCUT2D eigenvalue weighted by atomic mass is 28.3. The molecular weight excluding hydrogens is 1090 g/mol. The topological polar surface area (TPSA) is 6.48 Å². The van der Waals surface area contributed by atoms with Gasteiger partial charge in [0.25, 0.3) is 0 Å². The fourth-order valence-corrected chi connectivity index (χ4v) is 16.9. The molecule has 0 unspecified atom stereocenters. The van der Waals surface area contributed by atoms with Crippen LogP contribution in [-0.2, 0) is 0 Å². The molecule has 2 nitrogen and oxygen atoms in total. The molecule has 0 N–H and O–H groups in total. The summed E-state index contributed by atoms with van der Waals surface area (Å²) >= 11 is 0. The van der Waals surface area contributed by atoms with E-state index in [1.807, 2.05) is 48.5 Å². The van der Waals surface area contributed by atoms with Crippen molar-refractivity contribution in [1.82, 2.24) is 0 Å². The van der Waals surface area contributed by atoms with Gasteiger partial charge in [0.2, 0.25) is 0 Å². The summed E-state index contributed by atoms with van der Waals surface area (Å²) in [4.78, 5) is 4.33. The molecule has 0 fully saturated rings. The van der Waals surface area contributed by atoms with E-state index in [0.717, 1.165) is 88.4 Å². The summed E-state index contributed by atoms with van der Waals surface area (Å²) in [5.74, 6) is -0.562. The van der Waals surface area contributed by atoms with E-state index in [2.05, 4.69) is 270 Å². The van der Waals surface area contributed by atoms with Crippen molar-refractivity contribution in [3.8, 4) is 44.5 Å². The second-order valence-corrected chi connectivity index (χ2v) is 47.2. The van der Waals surface area contributed by atoms with Gasteiger partial charge < -0.3 is 9.80 Å². The Hall–Kier alpha value is -7.99. The van der Waals surface area contributed by atoms with Crippen LogP contribution in [0.1, 0.15) is 0 Å². The van der Waals surface area contributed by atoms with E-state index < -0.39 is 32.3 Å². The smallest absolute Gasteiger partial charge is 0.155 e. The second-order valence-electron chi connectivity index (χ2n) is 26.9. The zero-order valence-electron chi connectivity index (χ0n) is 50.6. The van der Waals surface area contributed by atoms with Crippen molar-refractivity contribution in [2.45, 2.75) is 78.6 Å². The Bertz CT molecular complexity index is 4170. The average Bonchev–Trinajstić information content (AvgIpc) is 1.27. The van der Waals surface area contributed by atoms with Crippen molar-refractivity contribution in [1.29, 1.82) is 0 Å². The molecule has 84 heavy (non-hydrogen) atoms. The van der Waals surface area contributed by atoms with Gasteiger partial charge in [0.15, 0.2) is 11.6 Å². The number of anilines is 6. The van der Waals surface area contributed by atoms with Crippen LogP contribution in [0.2, 0.25) is 78.6 Å². The van der Waals surface area contributed by atoms with Crippen LogP contribution in [0.3, 0.4) is 0 Å². The van der Waals surface area contributed by atoms with E-state index in [4.69, 9.17) is 0 Å². The molecule has 0 spiro atoms. The van der Waals surface area contributed by atoms with Gasteiger partial charge in [0.1, 0.15) is 0 Å². The number of hydrogen-bond acceptors (Lipinski definition) is 2. The van der Waals surface area contributed by atoms with Crippen LogP contribution in [-0.4, -0.2) is 32.3 Å². The molecule has 0 aliphatic heterocycles. The van der Waals surface area contributed by atoms with Gasteiger partial charge in [-0.25, -0.2) is 8.78 Å². The minimum Gasteiger partial charge on any atom is -0.307 e. The maximum Gasteiger partial charge on any atom is 0.155 e. The van der Waals surface area contributed by atoms with E-state index in [-0.39, 0.29) is 11.6 Å². The zero-order chi connectivity index (χ0) is 59.0. The maximum atomic E-state index is 19.0. The Kier molecular flexibility index (Phi) is 14.5. The summed E-state index contributed by atoms with van der Waals surface area (Å²) in [6.07, 6.45) is 0. The average molecular weight is 1170 g/mol. The first-order valence-electron chi connectivity index (χ1n) is 29.5. The first-order valence-corrected chi connectivity index (χ1v) is 43.5. The lowest BCUT2D eigenvalue weighted by atomic mass is 9.90. The Morgan fingerprint density at radius 1 is 0.274 bits per heavy atom. The molecule has 12 aromatic carbocycles. The fourth-order valence-electron chi connectivity index (χ4n) is 12.2. The first-order chi connectivity index (χ1) is 40.0. The molecule has 0 aliphatic rings. The van der Waals surface area contributed by atoms with Gasteiger partial charge in [0, 0.05) is 44.4 Å². The third-order valence-corrected chi connectivity index (χ3v) is 25.1. The van der Waals surface area contributed by atoms with Gasteiger partial charge in [-0.15, -0.1) is 0 Å². The van der Waals surface area contributed by atoms with E-state index in [1.54, 1.807) is 0 Å². The van der Waals surface area contributed by atoms with Crippen LogP contribution in [0.25, 0.3) is 76.8 Å². The summed E-state index contributed by atoms with van der Waals surface area (Å²) in [5.41, 5.74) is 10.8. The number of nitrogens with zero attached hydrogens (tertiary/aromatic N) is 2. The van der Waals surface area contributed by atoms with Crippen molar-refractivity contribution in [3.63, 3.8) is 0 Å². The number of para-hydroxylation sites is 2. The highest BCUT2D eigenvalue weighted by molar-refractivity contribution is 6.90. The molecule has 8 heteroatoms. The van der Waals surface area contributed by atoms with Crippen molar-refractivity contribution < 1.29 is 8.78 Å². The summed E-state index contributed by atoms with van der Waals surface area (Å²) in [5, 5.41) is 11.4. The first kappa shape index (κ1) is 56.5. The molecule has 0 aliphatic carbocycles. The zero-order valence-corrected chi connectivity index (χ0v) is 54.6. The normalized spacial score (nSPS) is 12.4. The summed E-state index contributed by atoms with van der Waals surface area (Å²) in [6, 6.07) is 81.1. The molecule has 0 bridgehead atoms. The van der Waals surface area contributed by atoms with Gasteiger partial charge in [-0.1, -0.05) is 293 Å². The number of halogens is 2. The van der Waals surface area contributed by atoms with Crippen molar-refractivity contribution >= 4 is 119 Å². The Morgan fingerprint density at radius 2 is 0.560 bits per heavy atom. The van der Waals surface area contributed by atoms with E-state index >= 15 is 8.78 Å². The molecule has 0 saturated heterocycles. The minimum absolute atomic E-state index is 0.281. The van der Waals surface area contributed by atoms with Crippen molar-refractivity contribution in [2.24, 2.45) is 0 Å². The molecule has 12 aromatic rings. The molecule has 0 saturated carbocycles. The van der Waals surface area contributed by atoms with Crippen LogP contribution in [0, 0.1) is 11.6 Å². The van der Waals surface area contributed by atoms with Gasteiger partial charge in [-0.05, 0) is 80.2 Å². The number of rotatable bonds is 14. The molecular formula is C76H74F2N2Si4. The lowest BCUT2D eigenvalue weighted by molar-refractivity contribution is 0.632. The maximum absolute atomic E-state index is 19.0. The van der Waals surface area contributed by atoms with Gasteiger partial charge in [0.05, 0.1) is 55.0 Å². The lowest BCUT2D eigenvalue weighted by Crippen LogP contribution is -2.37. The summed E-state index contributed by atoms with van der Waals surface area (Å²) < 4.78 is 37.9. The van der Waals surface area contributed by atoms with Gasteiger partial charge in [-0.3, -0.25) is 0 Å². The highest BCUT2D eigenvalue weighted by Crippen LogP contribution is 2.52. The third-order valence-electron chi connectivity index (χ3n) is 17.0. The van der Waals surface area contributed by atoms with Crippen LogP contribution in [0.4, 0.5) is 42.9 Å². The van der Waals surface area contributed by atoms with Crippen LogP contribution in [0.15, 0.2) is 231 Å². The number of hydrogen-bond donors (Lipinski definition) is 0. The number of benzene rings is 12. The van der Waals surface area contributed by atoms with Crippen LogP contribution < -0.4 is 30.5 Å².